The molecule has 2 aromatic rings. The lowest BCUT2D eigenvalue weighted by molar-refractivity contribution is -0.140. The molecule has 0 aromatic carbocycles. The average Bonchev–Trinajstić information content (AvgIpc) is 3.20. The van der Waals surface area contributed by atoms with Crippen molar-refractivity contribution in [1.82, 2.24) is 15.6 Å². The van der Waals surface area contributed by atoms with Crippen molar-refractivity contribution >= 4 is 52.6 Å². The van der Waals surface area contributed by atoms with E-state index in [-0.39, 0.29) is 30.5 Å². The summed E-state index contributed by atoms with van der Waals surface area (Å²) in [5.74, 6) is 0.889. The number of aromatic nitrogens is 1. The van der Waals surface area contributed by atoms with Gasteiger partial charge in [0.2, 0.25) is 0 Å². The van der Waals surface area contributed by atoms with Crippen molar-refractivity contribution in [3.05, 3.63) is 38.5 Å². The number of guanidine groups is 1. The highest BCUT2D eigenvalue weighted by atomic mass is 127. The smallest absolute Gasteiger partial charge is 0.357 e. The molecular weight excluding hydrogens is 484 g/mol. The van der Waals surface area contributed by atoms with Crippen LogP contribution in [-0.2, 0) is 12.7 Å². The molecular formula is C15H20F3IN4S2. The minimum absolute atomic E-state index is 0. The first kappa shape index (κ1) is 22.2. The lowest BCUT2D eigenvalue weighted by Gasteiger charge is -2.15. The van der Waals surface area contributed by atoms with Crippen LogP contribution >= 0.6 is 46.7 Å². The molecule has 0 spiro atoms. The molecule has 140 valence electrons. The van der Waals surface area contributed by atoms with Gasteiger partial charge in [0, 0.05) is 18.5 Å². The van der Waals surface area contributed by atoms with Gasteiger partial charge in [0.1, 0.15) is 5.01 Å². The summed E-state index contributed by atoms with van der Waals surface area (Å²) in [6, 6.07) is 2.08. The van der Waals surface area contributed by atoms with E-state index in [1.807, 2.05) is 12.3 Å². The van der Waals surface area contributed by atoms with Crippen molar-refractivity contribution in [2.75, 3.05) is 13.1 Å². The van der Waals surface area contributed by atoms with Gasteiger partial charge >= 0.3 is 6.18 Å². The number of rotatable bonds is 6. The van der Waals surface area contributed by atoms with Crippen LogP contribution in [0.1, 0.15) is 36.0 Å². The molecule has 0 radical (unpaired) electrons. The minimum Gasteiger partial charge on any atom is -0.357 e. The molecule has 0 aliphatic heterocycles. The largest absolute Gasteiger partial charge is 0.434 e. The van der Waals surface area contributed by atoms with Gasteiger partial charge in [-0.15, -0.1) is 35.3 Å². The zero-order valence-corrected chi connectivity index (χ0v) is 17.7. The van der Waals surface area contributed by atoms with Gasteiger partial charge in [0.15, 0.2) is 11.7 Å². The summed E-state index contributed by atoms with van der Waals surface area (Å²) in [5, 5.41) is 11.8. The fourth-order valence-electron chi connectivity index (χ4n) is 1.93. The van der Waals surface area contributed by atoms with Gasteiger partial charge in [-0.1, -0.05) is 6.92 Å². The molecule has 2 aromatic heterocycles. The highest BCUT2D eigenvalue weighted by molar-refractivity contribution is 14.0. The maximum Gasteiger partial charge on any atom is 0.434 e. The molecule has 2 heterocycles. The normalized spacial score (nSPS) is 13.2. The summed E-state index contributed by atoms with van der Waals surface area (Å²) in [7, 11) is 0. The first-order valence-electron chi connectivity index (χ1n) is 7.46. The van der Waals surface area contributed by atoms with Crippen LogP contribution in [0.3, 0.4) is 0 Å². The lowest BCUT2D eigenvalue weighted by atomic mass is 10.1. The van der Waals surface area contributed by atoms with Gasteiger partial charge in [-0.3, -0.25) is 0 Å². The highest BCUT2D eigenvalue weighted by Crippen LogP contribution is 2.30. The molecule has 0 aliphatic rings. The van der Waals surface area contributed by atoms with Crippen molar-refractivity contribution in [1.29, 1.82) is 0 Å². The maximum absolute atomic E-state index is 12.5. The Morgan fingerprint density at radius 3 is 2.64 bits per heavy atom. The molecule has 0 aliphatic carbocycles. The van der Waals surface area contributed by atoms with Crippen molar-refractivity contribution in [3.8, 4) is 0 Å². The number of hydrogen-bond acceptors (Lipinski definition) is 4. The van der Waals surface area contributed by atoms with Crippen LogP contribution in [0.2, 0.25) is 0 Å². The summed E-state index contributed by atoms with van der Waals surface area (Å²) < 4.78 is 37.6. The van der Waals surface area contributed by atoms with Gasteiger partial charge in [-0.05, 0) is 35.2 Å². The molecule has 1 unspecified atom stereocenters. The van der Waals surface area contributed by atoms with Gasteiger partial charge in [-0.25, -0.2) is 9.98 Å². The summed E-state index contributed by atoms with van der Waals surface area (Å²) >= 11 is 2.62. The Labute approximate surface area is 170 Å². The number of nitrogens with one attached hydrogen (secondary N) is 2. The standard InChI is InChI=1S/C15H19F3N4S2.HI/c1-3-19-14(20-6-10(2)11-4-5-23-8-11)21-7-13-22-12(9-24-13)15(16,17)18;/h4-5,8-10H,3,6-7H2,1-2H3,(H2,19,20,21);1H. The highest BCUT2D eigenvalue weighted by Gasteiger charge is 2.33. The topological polar surface area (TPSA) is 49.3 Å². The van der Waals surface area contributed by atoms with Crippen LogP contribution in [0, 0.1) is 0 Å². The van der Waals surface area contributed by atoms with E-state index in [9.17, 15) is 13.2 Å². The minimum atomic E-state index is -4.41. The fraction of sp³-hybridized carbons (Fsp3) is 0.467. The molecule has 0 amide bonds. The second kappa shape index (κ2) is 10.3. The average molecular weight is 504 g/mol. The number of aliphatic imine (C=N–C) groups is 1. The van der Waals surface area contributed by atoms with Crippen LogP contribution in [0.5, 0.6) is 0 Å². The third-order valence-electron chi connectivity index (χ3n) is 3.25. The van der Waals surface area contributed by atoms with E-state index in [2.05, 4.69) is 39.0 Å². The van der Waals surface area contributed by atoms with E-state index in [4.69, 9.17) is 0 Å². The van der Waals surface area contributed by atoms with Crippen molar-refractivity contribution in [2.24, 2.45) is 4.99 Å². The SMILES string of the molecule is CCNC(=NCc1nc(C(F)(F)F)cs1)NCC(C)c1ccsc1.I. The molecule has 25 heavy (non-hydrogen) atoms. The lowest BCUT2D eigenvalue weighted by Crippen LogP contribution is -2.39. The Balaban J connectivity index is 0.00000312. The molecule has 0 saturated heterocycles. The number of halogens is 4. The third kappa shape index (κ3) is 7.10. The van der Waals surface area contributed by atoms with E-state index in [1.54, 1.807) is 11.3 Å². The van der Waals surface area contributed by atoms with E-state index in [0.29, 0.717) is 30.0 Å². The Kier molecular flexibility index (Phi) is 9.14. The first-order chi connectivity index (χ1) is 11.4. The van der Waals surface area contributed by atoms with Gasteiger partial charge in [0.05, 0.1) is 6.54 Å². The molecule has 0 saturated carbocycles. The van der Waals surface area contributed by atoms with E-state index < -0.39 is 11.9 Å². The Hall–Kier alpha value is -0.880. The van der Waals surface area contributed by atoms with Gasteiger partial charge < -0.3 is 10.6 Å². The van der Waals surface area contributed by atoms with Crippen molar-refractivity contribution in [2.45, 2.75) is 32.5 Å². The van der Waals surface area contributed by atoms with Gasteiger partial charge in [-0.2, -0.15) is 24.5 Å². The van der Waals surface area contributed by atoms with E-state index in [1.165, 1.54) is 5.56 Å². The Morgan fingerprint density at radius 2 is 2.08 bits per heavy atom. The quantitative estimate of drug-likeness (QED) is 0.341. The second-order valence-electron chi connectivity index (χ2n) is 5.16. The van der Waals surface area contributed by atoms with Crippen LogP contribution in [0.15, 0.2) is 27.2 Å². The van der Waals surface area contributed by atoms with Crippen LogP contribution < -0.4 is 10.6 Å². The number of hydrogen-bond donors (Lipinski definition) is 2. The van der Waals surface area contributed by atoms with Gasteiger partial charge in [0.25, 0.3) is 0 Å². The predicted octanol–water partition coefficient (Wildman–Crippen LogP) is 4.70. The third-order valence-corrected chi connectivity index (χ3v) is 4.78. The molecule has 10 heteroatoms. The Morgan fingerprint density at radius 1 is 1.32 bits per heavy atom. The molecule has 2 N–H and O–H groups in total. The fourth-order valence-corrected chi connectivity index (χ4v) is 3.43. The van der Waals surface area contributed by atoms with Crippen molar-refractivity contribution in [3.63, 3.8) is 0 Å². The van der Waals surface area contributed by atoms with Crippen LogP contribution in [-0.4, -0.2) is 24.0 Å². The number of thiazole rings is 1. The zero-order valence-electron chi connectivity index (χ0n) is 13.8. The van der Waals surface area contributed by atoms with Crippen molar-refractivity contribution < 1.29 is 13.2 Å². The molecule has 0 fully saturated rings. The summed E-state index contributed by atoms with van der Waals surface area (Å²) in [4.78, 5) is 7.89. The summed E-state index contributed by atoms with van der Waals surface area (Å²) in [6.45, 7) is 5.52. The second-order valence-corrected chi connectivity index (χ2v) is 6.88. The zero-order chi connectivity index (χ0) is 17.6. The summed E-state index contributed by atoms with van der Waals surface area (Å²) in [6.07, 6.45) is -4.41. The number of thiophene rings is 1. The molecule has 0 bridgehead atoms. The number of nitrogens with zero attached hydrogens (tertiary/aromatic N) is 2. The molecule has 4 nitrogen and oxygen atoms in total. The van der Waals surface area contributed by atoms with Crippen LogP contribution in [0.4, 0.5) is 13.2 Å². The number of alkyl halides is 3. The van der Waals surface area contributed by atoms with Crippen LogP contribution in [0.25, 0.3) is 0 Å². The first-order valence-corrected chi connectivity index (χ1v) is 9.28. The predicted molar refractivity (Wildman–Crippen MR) is 108 cm³/mol. The summed E-state index contributed by atoms with van der Waals surface area (Å²) in [5.41, 5.74) is 0.389. The van der Waals surface area contributed by atoms with E-state index >= 15 is 0 Å². The maximum atomic E-state index is 12.5. The van der Waals surface area contributed by atoms with E-state index in [0.717, 1.165) is 16.7 Å². The molecule has 2 rings (SSSR count). The monoisotopic (exact) mass is 504 g/mol. The Bertz CT molecular complexity index is 656. The molecule has 1 atom stereocenters.